The molecule has 0 spiro atoms. The van der Waals surface area contributed by atoms with Crippen LogP contribution in [0.4, 0.5) is 0 Å². The van der Waals surface area contributed by atoms with Crippen molar-refractivity contribution < 1.29 is 0 Å². The van der Waals surface area contributed by atoms with E-state index < -0.39 is 0 Å². The van der Waals surface area contributed by atoms with Gasteiger partial charge in [0.25, 0.3) is 0 Å². The van der Waals surface area contributed by atoms with Crippen molar-refractivity contribution in [1.29, 1.82) is 0 Å². The van der Waals surface area contributed by atoms with Crippen molar-refractivity contribution in [1.82, 2.24) is 15.6 Å². The average molecular weight is 243 g/mol. The standard InChI is InChI=1S/C15H21N3/c1-10-3-5-12(17-10)9-16-14-7-8-15-13(14)6-4-11(2)18-15/h4,6,12,14,16-17H,1,3,5,7-9H2,2H3. The smallest absolute Gasteiger partial charge is 0.0455 e. The lowest BCUT2D eigenvalue weighted by molar-refractivity contribution is 0.472. The second-order valence-electron chi connectivity index (χ2n) is 5.47. The van der Waals surface area contributed by atoms with Crippen LogP contribution in [0.3, 0.4) is 0 Å². The minimum Gasteiger partial charge on any atom is -0.385 e. The quantitative estimate of drug-likeness (QED) is 0.855. The molecule has 96 valence electrons. The lowest BCUT2D eigenvalue weighted by Crippen LogP contribution is -2.34. The van der Waals surface area contributed by atoms with Crippen molar-refractivity contribution in [3.8, 4) is 0 Å². The zero-order valence-corrected chi connectivity index (χ0v) is 11.0. The highest BCUT2D eigenvalue weighted by Gasteiger charge is 2.25. The van der Waals surface area contributed by atoms with Gasteiger partial charge in [0.2, 0.25) is 0 Å². The SMILES string of the molecule is C=C1CCC(CNC2CCc3nc(C)ccc32)N1. The van der Waals surface area contributed by atoms with E-state index in [-0.39, 0.29) is 0 Å². The Kier molecular flexibility index (Phi) is 3.08. The molecule has 1 aliphatic heterocycles. The van der Waals surface area contributed by atoms with E-state index in [0.29, 0.717) is 12.1 Å². The zero-order chi connectivity index (χ0) is 12.5. The van der Waals surface area contributed by atoms with Crippen LogP contribution in [0.2, 0.25) is 0 Å². The number of hydrogen-bond donors (Lipinski definition) is 2. The molecule has 0 radical (unpaired) electrons. The van der Waals surface area contributed by atoms with Gasteiger partial charge in [0.05, 0.1) is 0 Å². The largest absolute Gasteiger partial charge is 0.385 e. The van der Waals surface area contributed by atoms with Gasteiger partial charge in [0.15, 0.2) is 0 Å². The van der Waals surface area contributed by atoms with Crippen molar-refractivity contribution in [3.63, 3.8) is 0 Å². The topological polar surface area (TPSA) is 37.0 Å². The average Bonchev–Trinajstić information content (AvgIpc) is 2.92. The Labute approximate surface area is 109 Å². The molecule has 2 unspecified atom stereocenters. The number of nitrogens with zero attached hydrogens (tertiary/aromatic N) is 1. The van der Waals surface area contributed by atoms with E-state index in [4.69, 9.17) is 0 Å². The third-order valence-electron chi connectivity index (χ3n) is 4.01. The van der Waals surface area contributed by atoms with Crippen molar-refractivity contribution in [3.05, 3.63) is 41.4 Å². The first-order valence-electron chi connectivity index (χ1n) is 6.86. The zero-order valence-electron chi connectivity index (χ0n) is 11.0. The molecule has 1 aromatic rings. The highest BCUT2D eigenvalue weighted by atomic mass is 15.0. The molecule has 1 aliphatic carbocycles. The first-order chi connectivity index (χ1) is 8.72. The third kappa shape index (κ3) is 2.27. The molecule has 18 heavy (non-hydrogen) atoms. The van der Waals surface area contributed by atoms with E-state index in [9.17, 15) is 0 Å². The molecule has 1 aromatic heterocycles. The van der Waals surface area contributed by atoms with Crippen LogP contribution in [0.15, 0.2) is 24.4 Å². The van der Waals surface area contributed by atoms with E-state index in [1.54, 1.807) is 0 Å². The van der Waals surface area contributed by atoms with Gasteiger partial charge in [-0.25, -0.2) is 0 Å². The van der Waals surface area contributed by atoms with Crippen LogP contribution < -0.4 is 10.6 Å². The Hall–Kier alpha value is -1.35. The molecule has 0 aromatic carbocycles. The maximum atomic E-state index is 4.63. The predicted octanol–water partition coefficient (Wildman–Crippen LogP) is 2.23. The number of nitrogens with one attached hydrogen (secondary N) is 2. The summed E-state index contributed by atoms with van der Waals surface area (Å²) in [5.74, 6) is 0. The molecule has 2 aliphatic rings. The van der Waals surface area contributed by atoms with Gasteiger partial charge in [-0.2, -0.15) is 0 Å². The molecule has 0 bridgehead atoms. The third-order valence-corrected chi connectivity index (χ3v) is 4.01. The van der Waals surface area contributed by atoms with Crippen LogP contribution in [-0.4, -0.2) is 17.6 Å². The van der Waals surface area contributed by atoms with Crippen LogP contribution in [0.25, 0.3) is 0 Å². The summed E-state index contributed by atoms with van der Waals surface area (Å²) in [5, 5.41) is 7.11. The van der Waals surface area contributed by atoms with Crippen molar-refractivity contribution in [2.75, 3.05) is 6.54 Å². The molecule has 3 heteroatoms. The predicted molar refractivity (Wildman–Crippen MR) is 73.3 cm³/mol. The number of aromatic nitrogens is 1. The van der Waals surface area contributed by atoms with Crippen LogP contribution in [0.1, 0.15) is 42.3 Å². The molecular weight excluding hydrogens is 222 g/mol. The summed E-state index contributed by atoms with van der Waals surface area (Å²) in [4.78, 5) is 4.63. The Morgan fingerprint density at radius 1 is 1.39 bits per heavy atom. The summed E-state index contributed by atoms with van der Waals surface area (Å²) in [6.45, 7) is 7.07. The number of aryl methyl sites for hydroxylation is 2. The monoisotopic (exact) mass is 243 g/mol. The molecule has 2 atom stereocenters. The normalized spacial score (nSPS) is 26.2. The second-order valence-corrected chi connectivity index (χ2v) is 5.47. The van der Waals surface area contributed by atoms with Gasteiger partial charge in [-0.15, -0.1) is 0 Å². The number of rotatable bonds is 3. The first-order valence-corrected chi connectivity index (χ1v) is 6.86. The van der Waals surface area contributed by atoms with Crippen LogP contribution in [0.5, 0.6) is 0 Å². The van der Waals surface area contributed by atoms with Gasteiger partial charge in [0.1, 0.15) is 0 Å². The lowest BCUT2D eigenvalue weighted by atomic mass is 10.1. The Bertz CT molecular complexity index is 467. The van der Waals surface area contributed by atoms with Crippen LogP contribution in [-0.2, 0) is 6.42 Å². The molecule has 0 saturated carbocycles. The minimum atomic E-state index is 0.490. The van der Waals surface area contributed by atoms with Crippen molar-refractivity contribution in [2.24, 2.45) is 0 Å². The summed E-state index contributed by atoms with van der Waals surface area (Å²) in [6.07, 6.45) is 4.62. The summed E-state index contributed by atoms with van der Waals surface area (Å²) < 4.78 is 0. The van der Waals surface area contributed by atoms with E-state index in [1.807, 2.05) is 0 Å². The number of pyridine rings is 1. The molecule has 0 amide bonds. The van der Waals surface area contributed by atoms with Gasteiger partial charge in [-0.05, 0) is 44.2 Å². The Balaban J connectivity index is 1.61. The van der Waals surface area contributed by atoms with E-state index >= 15 is 0 Å². The van der Waals surface area contributed by atoms with Gasteiger partial charge < -0.3 is 10.6 Å². The second kappa shape index (κ2) is 4.73. The van der Waals surface area contributed by atoms with Crippen LogP contribution in [0, 0.1) is 6.92 Å². The molecule has 1 saturated heterocycles. The number of fused-ring (bicyclic) bond motifs is 1. The first kappa shape index (κ1) is 11.7. The molecule has 2 N–H and O–H groups in total. The molecule has 2 heterocycles. The Morgan fingerprint density at radius 2 is 2.28 bits per heavy atom. The summed E-state index contributed by atoms with van der Waals surface area (Å²) in [5.41, 5.74) is 5.00. The van der Waals surface area contributed by atoms with Crippen molar-refractivity contribution >= 4 is 0 Å². The fourth-order valence-corrected chi connectivity index (χ4v) is 3.01. The van der Waals surface area contributed by atoms with Gasteiger partial charge >= 0.3 is 0 Å². The van der Waals surface area contributed by atoms with Crippen LogP contribution >= 0.6 is 0 Å². The number of allylic oxidation sites excluding steroid dienone is 1. The lowest BCUT2D eigenvalue weighted by Gasteiger charge is -2.18. The van der Waals surface area contributed by atoms with E-state index in [2.05, 4.69) is 41.3 Å². The number of hydrogen-bond acceptors (Lipinski definition) is 3. The molecular formula is C15H21N3. The van der Waals surface area contributed by atoms with Gasteiger partial charge in [-0.3, -0.25) is 4.98 Å². The molecule has 1 fully saturated rings. The van der Waals surface area contributed by atoms with Gasteiger partial charge in [-0.1, -0.05) is 12.6 Å². The van der Waals surface area contributed by atoms with Crippen molar-refractivity contribution in [2.45, 2.75) is 44.7 Å². The van der Waals surface area contributed by atoms with Gasteiger partial charge in [0, 0.05) is 35.7 Å². The highest BCUT2D eigenvalue weighted by molar-refractivity contribution is 5.30. The fraction of sp³-hybridized carbons (Fsp3) is 0.533. The summed E-state index contributed by atoms with van der Waals surface area (Å²) >= 11 is 0. The summed E-state index contributed by atoms with van der Waals surface area (Å²) in [7, 11) is 0. The Morgan fingerprint density at radius 3 is 3.06 bits per heavy atom. The highest BCUT2D eigenvalue weighted by Crippen LogP contribution is 2.30. The fourth-order valence-electron chi connectivity index (χ4n) is 3.01. The van der Waals surface area contributed by atoms with E-state index in [1.165, 1.54) is 29.8 Å². The summed E-state index contributed by atoms with van der Waals surface area (Å²) in [6, 6.07) is 5.40. The van der Waals surface area contributed by atoms with E-state index in [0.717, 1.165) is 25.1 Å². The minimum absolute atomic E-state index is 0.490. The maximum absolute atomic E-state index is 4.63. The molecule has 3 nitrogen and oxygen atoms in total. The molecule has 3 rings (SSSR count). The maximum Gasteiger partial charge on any atom is 0.0455 e.